The van der Waals surface area contributed by atoms with Gasteiger partial charge in [-0.1, -0.05) is 23.7 Å². The molecule has 0 bridgehead atoms. The first-order valence-electron chi connectivity index (χ1n) is 11.0. The maximum Gasteiger partial charge on any atom is 0.409 e. The third-order valence-corrected chi connectivity index (χ3v) is 7.29. The van der Waals surface area contributed by atoms with Crippen LogP contribution in [0.3, 0.4) is 0 Å². The molecule has 184 valence electrons. The summed E-state index contributed by atoms with van der Waals surface area (Å²) in [5.74, 6) is 1.31. The number of H-pyrrole nitrogens is 1. The Morgan fingerprint density at radius 3 is 2.73 bits per heavy atom. The molecule has 0 saturated heterocycles. The van der Waals surface area contributed by atoms with Crippen molar-refractivity contribution >= 4 is 35.1 Å². The van der Waals surface area contributed by atoms with E-state index >= 15 is 0 Å². The number of halogens is 1. The molecular weight excluding hydrogens is 516 g/mol. The molecule has 5 aromatic rings. The summed E-state index contributed by atoms with van der Waals surface area (Å²) < 4.78 is 3.26. The highest BCUT2D eigenvalue weighted by Gasteiger charge is 2.29. The molecule has 0 fully saturated rings. The Morgan fingerprint density at radius 1 is 1.14 bits per heavy atom. The summed E-state index contributed by atoms with van der Waals surface area (Å²) in [5, 5.41) is 23.9. The summed E-state index contributed by atoms with van der Waals surface area (Å²) in [6, 6.07) is 15.6. The van der Waals surface area contributed by atoms with E-state index in [1.54, 1.807) is 65.0 Å². The SMILES string of the molecule is O=C(O)Nc1ccc(-c2cnc([C@@H]3CSc4cc(-c5cc(Cl)ccc5-n5cnnn5)cc(=O)n43)[nH]2)cc1. The molecule has 1 atom stereocenters. The Hall–Kier alpha value is -4.42. The van der Waals surface area contributed by atoms with Crippen LogP contribution in [0.4, 0.5) is 10.5 Å². The van der Waals surface area contributed by atoms with Crippen molar-refractivity contribution < 1.29 is 9.90 Å². The lowest BCUT2D eigenvalue weighted by Crippen LogP contribution is -2.24. The van der Waals surface area contributed by atoms with Crippen molar-refractivity contribution in [1.82, 2.24) is 34.7 Å². The van der Waals surface area contributed by atoms with Gasteiger partial charge in [0.2, 0.25) is 0 Å². The maximum atomic E-state index is 13.3. The van der Waals surface area contributed by atoms with Gasteiger partial charge < -0.3 is 10.1 Å². The van der Waals surface area contributed by atoms with Gasteiger partial charge in [0.15, 0.2) is 0 Å². The van der Waals surface area contributed by atoms with Crippen molar-refractivity contribution in [2.75, 3.05) is 11.1 Å². The minimum absolute atomic E-state index is 0.160. The van der Waals surface area contributed by atoms with Gasteiger partial charge in [0, 0.05) is 28.1 Å². The lowest BCUT2D eigenvalue weighted by atomic mass is 10.0. The third-order valence-electron chi connectivity index (χ3n) is 5.96. The van der Waals surface area contributed by atoms with Gasteiger partial charge in [0.05, 0.1) is 22.6 Å². The standard InChI is InChI=1S/C24H17ClN8O3S/c25-15-3-6-19(32-12-27-30-31-32)17(9-15)14-7-21(34)33-20(11-37-22(33)8-14)23-26-10-18(29-23)13-1-4-16(5-2-13)28-24(35)36/h1-10,12,20,28H,11H2,(H,26,29)(H,35,36)/t20-/m0/s1. The number of nitrogens with zero attached hydrogens (tertiary/aromatic N) is 6. The average Bonchev–Trinajstić information content (AvgIpc) is 3.65. The molecule has 1 amide bonds. The van der Waals surface area contributed by atoms with E-state index < -0.39 is 6.09 Å². The predicted molar refractivity (Wildman–Crippen MR) is 138 cm³/mol. The number of nitrogens with one attached hydrogen (secondary N) is 2. The van der Waals surface area contributed by atoms with E-state index in [0.29, 0.717) is 33.5 Å². The molecule has 3 N–H and O–H groups in total. The van der Waals surface area contributed by atoms with Crippen LogP contribution in [0.1, 0.15) is 11.9 Å². The molecule has 37 heavy (non-hydrogen) atoms. The van der Waals surface area contributed by atoms with Crippen molar-refractivity contribution in [3.8, 4) is 28.1 Å². The zero-order valence-electron chi connectivity index (χ0n) is 18.9. The van der Waals surface area contributed by atoms with Crippen molar-refractivity contribution in [3.63, 3.8) is 0 Å². The normalized spacial score (nSPS) is 14.5. The number of tetrazole rings is 1. The highest BCUT2D eigenvalue weighted by atomic mass is 35.5. The molecule has 0 spiro atoms. The van der Waals surface area contributed by atoms with E-state index in [4.69, 9.17) is 16.7 Å². The summed E-state index contributed by atoms with van der Waals surface area (Å²) >= 11 is 7.85. The number of amides is 1. The van der Waals surface area contributed by atoms with Gasteiger partial charge in [-0.3, -0.25) is 14.7 Å². The van der Waals surface area contributed by atoms with Crippen molar-refractivity contribution in [3.05, 3.63) is 88.3 Å². The number of thioether (sulfide) groups is 1. The minimum Gasteiger partial charge on any atom is -0.465 e. The van der Waals surface area contributed by atoms with Crippen LogP contribution in [0.5, 0.6) is 0 Å². The maximum absolute atomic E-state index is 13.3. The second kappa shape index (κ2) is 9.22. The molecule has 1 aliphatic rings. The second-order valence-electron chi connectivity index (χ2n) is 8.22. The Labute approximate surface area is 218 Å². The van der Waals surface area contributed by atoms with Crippen molar-refractivity contribution in [2.24, 2.45) is 0 Å². The molecule has 3 aromatic heterocycles. The molecule has 13 heteroatoms. The van der Waals surface area contributed by atoms with Crippen LogP contribution in [0.2, 0.25) is 5.02 Å². The van der Waals surface area contributed by atoms with Crippen LogP contribution < -0.4 is 10.9 Å². The molecule has 0 unspecified atom stereocenters. The van der Waals surface area contributed by atoms with Crippen LogP contribution in [-0.2, 0) is 0 Å². The predicted octanol–water partition coefficient (Wildman–Crippen LogP) is 4.32. The number of pyridine rings is 1. The van der Waals surface area contributed by atoms with Gasteiger partial charge in [-0.15, -0.1) is 16.9 Å². The van der Waals surface area contributed by atoms with E-state index in [1.807, 2.05) is 12.1 Å². The third kappa shape index (κ3) is 4.36. The number of aromatic amines is 1. The minimum atomic E-state index is -1.12. The van der Waals surface area contributed by atoms with Crippen LogP contribution >= 0.6 is 23.4 Å². The highest BCUT2D eigenvalue weighted by molar-refractivity contribution is 7.99. The van der Waals surface area contributed by atoms with Gasteiger partial charge in [0.1, 0.15) is 18.2 Å². The number of carbonyl (C=O) groups is 1. The summed E-state index contributed by atoms with van der Waals surface area (Å²) in [4.78, 5) is 32.0. The molecule has 0 radical (unpaired) electrons. The zero-order chi connectivity index (χ0) is 25.5. The van der Waals surface area contributed by atoms with Crippen molar-refractivity contribution in [2.45, 2.75) is 11.1 Å². The molecule has 6 rings (SSSR count). The molecule has 0 aliphatic carbocycles. The van der Waals surface area contributed by atoms with Crippen molar-refractivity contribution in [1.29, 1.82) is 0 Å². The van der Waals surface area contributed by atoms with Crippen LogP contribution in [0, 0.1) is 0 Å². The second-order valence-corrected chi connectivity index (χ2v) is 9.70. The summed E-state index contributed by atoms with van der Waals surface area (Å²) in [6.45, 7) is 0. The molecule has 0 saturated carbocycles. The van der Waals surface area contributed by atoms with E-state index in [1.165, 1.54) is 11.0 Å². The van der Waals surface area contributed by atoms with E-state index in [2.05, 4.69) is 30.8 Å². The fourth-order valence-corrected chi connectivity index (χ4v) is 5.66. The van der Waals surface area contributed by atoms with Gasteiger partial charge in [0.25, 0.3) is 5.56 Å². The number of hydrogen-bond donors (Lipinski definition) is 3. The monoisotopic (exact) mass is 532 g/mol. The fraction of sp³-hybridized carbons (Fsp3) is 0.0833. The first-order valence-corrected chi connectivity index (χ1v) is 12.4. The van der Waals surface area contributed by atoms with Crippen LogP contribution in [0.15, 0.2) is 76.9 Å². The van der Waals surface area contributed by atoms with Gasteiger partial charge in [-0.05, 0) is 58.0 Å². The summed E-state index contributed by atoms with van der Waals surface area (Å²) in [6.07, 6.45) is 2.08. The van der Waals surface area contributed by atoms with Crippen LogP contribution in [-0.4, -0.2) is 51.7 Å². The van der Waals surface area contributed by atoms with E-state index in [9.17, 15) is 9.59 Å². The van der Waals surface area contributed by atoms with Gasteiger partial charge in [-0.25, -0.2) is 9.78 Å². The number of fused-ring (bicyclic) bond motifs is 1. The number of rotatable bonds is 5. The Morgan fingerprint density at radius 2 is 1.97 bits per heavy atom. The first-order chi connectivity index (χ1) is 18.0. The molecular formula is C24H17ClN8O3S. The largest absolute Gasteiger partial charge is 0.465 e. The fourth-order valence-electron chi connectivity index (χ4n) is 4.29. The quantitative estimate of drug-likeness (QED) is 0.303. The number of anilines is 1. The summed E-state index contributed by atoms with van der Waals surface area (Å²) in [7, 11) is 0. The number of benzene rings is 2. The van der Waals surface area contributed by atoms with Crippen LogP contribution in [0.25, 0.3) is 28.1 Å². The lowest BCUT2D eigenvalue weighted by Gasteiger charge is -2.14. The lowest BCUT2D eigenvalue weighted by molar-refractivity contribution is 0.209. The highest BCUT2D eigenvalue weighted by Crippen LogP contribution is 2.38. The number of carboxylic acid groups (broad SMARTS) is 1. The zero-order valence-corrected chi connectivity index (χ0v) is 20.4. The molecule has 1 aliphatic heterocycles. The smallest absolute Gasteiger partial charge is 0.409 e. The van der Waals surface area contributed by atoms with Gasteiger partial charge >= 0.3 is 6.09 Å². The number of imidazole rings is 1. The Kier molecular flexibility index (Phi) is 5.74. The number of aromatic nitrogens is 7. The first kappa shape index (κ1) is 23.0. The molecule has 2 aromatic carbocycles. The molecule has 11 nitrogen and oxygen atoms in total. The topological polar surface area (TPSA) is 144 Å². The average molecular weight is 533 g/mol. The Balaban J connectivity index is 1.32. The van der Waals surface area contributed by atoms with Gasteiger partial charge in [-0.2, -0.15) is 4.68 Å². The Bertz CT molecular complexity index is 1680. The van der Waals surface area contributed by atoms with E-state index in [-0.39, 0.29) is 11.6 Å². The number of hydrogen-bond acceptors (Lipinski definition) is 7. The summed E-state index contributed by atoms with van der Waals surface area (Å²) in [5.41, 5.74) is 4.09. The van der Waals surface area contributed by atoms with E-state index in [0.717, 1.165) is 21.8 Å². The molecule has 4 heterocycles.